The van der Waals surface area contributed by atoms with E-state index < -0.39 is 6.16 Å². The van der Waals surface area contributed by atoms with Crippen molar-refractivity contribution in [2.45, 2.75) is 104 Å². The van der Waals surface area contributed by atoms with Gasteiger partial charge in [0, 0.05) is 6.42 Å². The van der Waals surface area contributed by atoms with Gasteiger partial charge in [-0.05, 0) is 110 Å². The molecule has 4 aliphatic carbocycles. The third-order valence-corrected chi connectivity index (χ3v) is 12.0. The second kappa shape index (κ2) is 12.2. The predicted molar refractivity (Wildman–Crippen MR) is 153 cm³/mol. The van der Waals surface area contributed by atoms with Gasteiger partial charge in [0.15, 0.2) is 6.07 Å². The van der Waals surface area contributed by atoms with E-state index in [-0.39, 0.29) is 35.1 Å². The maximum absolute atomic E-state index is 12.5. The van der Waals surface area contributed by atoms with Gasteiger partial charge in [0.2, 0.25) is 0 Å². The summed E-state index contributed by atoms with van der Waals surface area (Å²) in [5, 5.41) is 11.6. The van der Waals surface area contributed by atoms with Gasteiger partial charge in [0.25, 0.3) is 0 Å². The van der Waals surface area contributed by atoms with Crippen LogP contribution in [0.5, 0.6) is 0 Å². The van der Waals surface area contributed by atoms with Gasteiger partial charge in [0.1, 0.15) is 12.7 Å². The van der Waals surface area contributed by atoms with E-state index in [9.17, 15) is 14.7 Å². The maximum atomic E-state index is 12.5. The first-order valence-corrected chi connectivity index (χ1v) is 16.0. The average Bonchev–Trinajstić information content (AvgIpc) is 3.29. The number of halogens is 1. The van der Waals surface area contributed by atoms with E-state index in [1.807, 2.05) is 30.3 Å². The summed E-state index contributed by atoms with van der Waals surface area (Å²) >= 11 is 5.52. The molecule has 10 atom stereocenters. The van der Waals surface area contributed by atoms with Crippen LogP contribution in [0.3, 0.4) is 0 Å². The quantitative estimate of drug-likeness (QED) is 0.256. The number of benzene rings is 1. The molecule has 0 heterocycles. The summed E-state index contributed by atoms with van der Waals surface area (Å²) < 4.78 is 15.9. The highest BCUT2D eigenvalue weighted by Gasteiger charge is 2.63. The molecular formula is C33H47ClO6. The van der Waals surface area contributed by atoms with Crippen molar-refractivity contribution < 1.29 is 28.9 Å². The van der Waals surface area contributed by atoms with Crippen molar-refractivity contribution in [3.63, 3.8) is 0 Å². The molecule has 0 aliphatic heterocycles. The summed E-state index contributed by atoms with van der Waals surface area (Å²) in [6.45, 7) is 7.57. The van der Waals surface area contributed by atoms with E-state index in [0.29, 0.717) is 48.5 Å². The molecule has 0 amide bonds. The molecule has 4 unspecified atom stereocenters. The molecule has 6 nitrogen and oxygen atoms in total. The van der Waals surface area contributed by atoms with Crippen LogP contribution in [0.25, 0.3) is 0 Å². The van der Waals surface area contributed by atoms with Crippen molar-refractivity contribution >= 4 is 23.7 Å². The van der Waals surface area contributed by atoms with E-state index >= 15 is 0 Å². The van der Waals surface area contributed by atoms with E-state index in [4.69, 9.17) is 25.8 Å². The van der Waals surface area contributed by atoms with E-state index in [1.54, 1.807) is 0 Å². The Morgan fingerprint density at radius 1 is 1.00 bits per heavy atom. The minimum absolute atomic E-state index is 0.115. The topological polar surface area (TPSA) is 82.1 Å². The first-order valence-electron chi connectivity index (χ1n) is 15.4. The third kappa shape index (κ3) is 5.77. The molecule has 1 N–H and O–H groups in total. The van der Waals surface area contributed by atoms with Crippen LogP contribution in [-0.2, 0) is 25.6 Å². The van der Waals surface area contributed by atoms with Crippen molar-refractivity contribution in [2.24, 2.45) is 46.3 Å². The lowest BCUT2D eigenvalue weighted by Gasteiger charge is -2.62. The Morgan fingerprint density at radius 2 is 1.73 bits per heavy atom. The summed E-state index contributed by atoms with van der Waals surface area (Å²) in [7, 11) is 0. The van der Waals surface area contributed by atoms with Gasteiger partial charge in [0.05, 0.1) is 6.10 Å². The molecule has 0 radical (unpaired) electrons. The highest BCUT2D eigenvalue weighted by Crippen LogP contribution is 2.68. The Morgan fingerprint density at radius 3 is 2.48 bits per heavy atom. The lowest BCUT2D eigenvalue weighted by Crippen LogP contribution is -2.58. The fourth-order valence-electron chi connectivity index (χ4n) is 9.84. The minimum atomic E-state index is -0.693. The minimum Gasteiger partial charge on any atom is -0.461 e. The van der Waals surface area contributed by atoms with Crippen LogP contribution in [0, 0.1) is 46.3 Å². The molecule has 0 spiro atoms. The van der Waals surface area contributed by atoms with E-state index in [0.717, 1.165) is 44.1 Å². The molecule has 1 aromatic rings. The Labute approximate surface area is 244 Å². The van der Waals surface area contributed by atoms with Gasteiger partial charge < -0.3 is 19.3 Å². The molecule has 40 heavy (non-hydrogen) atoms. The molecule has 0 aromatic heterocycles. The SMILES string of the molecule is C[C@H](CCC(=O)OCc1ccccc1)C1CCC2C3C(CC[C@@]21C)[C@@]1(C)CC[C@@H](OC(=O)OCCl)C[C@H]1C[C@@H]3O. The molecule has 4 fully saturated rings. The number of carbonyl (C=O) groups is 2. The van der Waals surface area contributed by atoms with Gasteiger partial charge in [-0.25, -0.2) is 4.79 Å². The summed E-state index contributed by atoms with van der Waals surface area (Å²) in [6.07, 6.45) is 8.23. The zero-order chi connectivity index (χ0) is 28.5. The number of esters is 1. The first kappa shape index (κ1) is 29.7. The molecule has 0 saturated heterocycles. The molecule has 0 bridgehead atoms. The van der Waals surface area contributed by atoms with Crippen molar-refractivity contribution in [1.82, 2.24) is 0 Å². The summed E-state index contributed by atoms with van der Waals surface area (Å²) in [4.78, 5) is 24.4. The van der Waals surface area contributed by atoms with Crippen LogP contribution in [0.15, 0.2) is 30.3 Å². The van der Waals surface area contributed by atoms with Crippen molar-refractivity contribution in [1.29, 1.82) is 0 Å². The van der Waals surface area contributed by atoms with Gasteiger partial charge in [-0.1, -0.05) is 62.7 Å². The van der Waals surface area contributed by atoms with Crippen molar-refractivity contribution in [3.8, 4) is 0 Å². The first-order chi connectivity index (χ1) is 19.2. The van der Waals surface area contributed by atoms with Crippen LogP contribution < -0.4 is 0 Å². The number of ether oxygens (including phenoxy) is 3. The second-order valence-corrected chi connectivity index (χ2v) is 13.9. The van der Waals surface area contributed by atoms with E-state index in [2.05, 4.69) is 20.8 Å². The molecule has 4 aliphatic rings. The number of fused-ring (bicyclic) bond motifs is 5. The summed E-state index contributed by atoms with van der Waals surface area (Å²) in [5.74, 6) is 2.58. The summed E-state index contributed by atoms with van der Waals surface area (Å²) in [5.41, 5.74) is 1.38. The number of aliphatic hydroxyl groups is 1. The summed E-state index contributed by atoms with van der Waals surface area (Å²) in [6, 6.07) is 9.64. The monoisotopic (exact) mass is 574 g/mol. The van der Waals surface area contributed by atoms with Crippen LogP contribution in [0.2, 0.25) is 0 Å². The average molecular weight is 575 g/mol. The van der Waals surface area contributed by atoms with Crippen LogP contribution >= 0.6 is 11.6 Å². The number of rotatable bonds is 8. The molecule has 1 aromatic carbocycles. The van der Waals surface area contributed by atoms with Crippen LogP contribution in [0.4, 0.5) is 4.79 Å². The third-order valence-electron chi connectivity index (χ3n) is 11.9. The fourth-order valence-corrected chi connectivity index (χ4v) is 9.93. The Hall–Kier alpha value is -1.79. The molecule has 5 rings (SSSR count). The lowest BCUT2D eigenvalue weighted by molar-refractivity contribution is -0.175. The standard InChI is InChI=1S/C33H47ClO6/c1-21(9-12-29(36)38-19-22-7-5-4-6-8-22)25-10-11-26-30-27(14-16-33(25,26)3)32(2)15-13-24(40-31(37)39-20-34)17-23(32)18-28(30)35/h4-8,21,23-28,30,35H,9-20H2,1-3H3/t21-,23+,24-,25?,26?,27?,28+,30?,32+,33-/m1/s1. The largest absolute Gasteiger partial charge is 0.509 e. The number of hydrogen-bond donors (Lipinski definition) is 1. The molecular weight excluding hydrogens is 528 g/mol. The molecule has 7 heteroatoms. The van der Waals surface area contributed by atoms with Gasteiger partial charge in [-0.15, -0.1) is 0 Å². The highest BCUT2D eigenvalue weighted by atomic mass is 35.5. The predicted octanol–water partition coefficient (Wildman–Crippen LogP) is 7.49. The number of hydrogen-bond acceptors (Lipinski definition) is 6. The molecule has 4 saturated carbocycles. The number of carbonyl (C=O) groups excluding carboxylic acids is 2. The number of aliphatic hydroxyl groups excluding tert-OH is 1. The fraction of sp³-hybridized carbons (Fsp3) is 0.758. The Bertz CT molecular complexity index is 1030. The van der Waals surface area contributed by atoms with Crippen molar-refractivity contribution in [2.75, 3.05) is 6.07 Å². The van der Waals surface area contributed by atoms with E-state index in [1.165, 1.54) is 19.3 Å². The highest BCUT2D eigenvalue weighted by molar-refractivity contribution is 6.17. The zero-order valence-corrected chi connectivity index (χ0v) is 25.1. The van der Waals surface area contributed by atoms with Gasteiger partial charge in [-0.3, -0.25) is 4.79 Å². The van der Waals surface area contributed by atoms with Gasteiger partial charge in [-0.2, -0.15) is 0 Å². The number of alkyl halides is 1. The van der Waals surface area contributed by atoms with Gasteiger partial charge >= 0.3 is 12.1 Å². The second-order valence-electron chi connectivity index (χ2n) is 13.7. The Kier molecular flexibility index (Phi) is 9.06. The zero-order valence-electron chi connectivity index (χ0n) is 24.4. The smallest absolute Gasteiger partial charge is 0.461 e. The van der Waals surface area contributed by atoms with Crippen molar-refractivity contribution in [3.05, 3.63) is 35.9 Å². The van der Waals surface area contributed by atoms with Crippen LogP contribution in [0.1, 0.15) is 90.5 Å². The molecule has 222 valence electrons. The normalized spacial score (nSPS) is 39.3. The van der Waals surface area contributed by atoms with Crippen LogP contribution in [-0.4, -0.2) is 35.5 Å². The Balaban J connectivity index is 1.19. The maximum Gasteiger partial charge on any atom is 0.509 e. The lowest BCUT2D eigenvalue weighted by atomic mass is 9.43.